The van der Waals surface area contributed by atoms with E-state index >= 15 is 0 Å². The number of morpholine rings is 1. The number of nitrogens with one attached hydrogen (secondary N) is 1. The number of aryl methyl sites for hydroxylation is 2. The van der Waals surface area contributed by atoms with Gasteiger partial charge in [0.2, 0.25) is 11.8 Å². The fraction of sp³-hybridized carbons (Fsp3) is 0.737. The number of ether oxygens (including phenoxy) is 1. The first-order valence-corrected chi connectivity index (χ1v) is 10.6. The van der Waals surface area contributed by atoms with Gasteiger partial charge in [-0.3, -0.25) is 14.5 Å². The van der Waals surface area contributed by atoms with E-state index in [1.165, 1.54) is 4.88 Å². The lowest BCUT2D eigenvalue weighted by atomic mass is 9.96. The summed E-state index contributed by atoms with van der Waals surface area (Å²) in [7, 11) is 0. The first-order chi connectivity index (χ1) is 13.0. The van der Waals surface area contributed by atoms with Gasteiger partial charge in [0, 0.05) is 57.0 Å². The summed E-state index contributed by atoms with van der Waals surface area (Å²) >= 11 is 1.69. The van der Waals surface area contributed by atoms with Gasteiger partial charge in [0.05, 0.1) is 29.8 Å². The molecule has 2 aliphatic rings. The predicted molar refractivity (Wildman–Crippen MR) is 105 cm³/mol. The molecule has 27 heavy (non-hydrogen) atoms. The summed E-state index contributed by atoms with van der Waals surface area (Å²) in [4.78, 5) is 34.7. The van der Waals surface area contributed by atoms with E-state index in [-0.39, 0.29) is 17.7 Å². The number of likely N-dealkylation sites (tertiary alicyclic amines) is 1. The van der Waals surface area contributed by atoms with Crippen LogP contribution in [0.4, 0.5) is 0 Å². The maximum Gasteiger partial charge on any atom is 0.224 e. The smallest absolute Gasteiger partial charge is 0.224 e. The molecule has 0 spiro atoms. The van der Waals surface area contributed by atoms with E-state index in [1.807, 2.05) is 11.8 Å². The first-order valence-electron chi connectivity index (χ1n) is 9.81. The van der Waals surface area contributed by atoms with Gasteiger partial charge in [-0.05, 0) is 20.3 Å². The maximum absolute atomic E-state index is 12.5. The van der Waals surface area contributed by atoms with E-state index in [9.17, 15) is 9.59 Å². The molecule has 0 bridgehead atoms. The first kappa shape index (κ1) is 20.2. The Morgan fingerprint density at radius 1 is 1.30 bits per heavy atom. The molecule has 1 N–H and O–H groups in total. The van der Waals surface area contributed by atoms with Crippen LogP contribution in [-0.2, 0) is 20.7 Å². The Morgan fingerprint density at radius 2 is 2.07 bits per heavy atom. The lowest BCUT2D eigenvalue weighted by Gasteiger charge is -2.34. The molecule has 8 heteroatoms. The average Bonchev–Trinajstić information content (AvgIpc) is 2.99. The van der Waals surface area contributed by atoms with Gasteiger partial charge < -0.3 is 15.0 Å². The van der Waals surface area contributed by atoms with E-state index in [0.717, 1.165) is 50.0 Å². The molecule has 2 fully saturated rings. The molecule has 1 aromatic rings. The van der Waals surface area contributed by atoms with Gasteiger partial charge in [-0.25, -0.2) is 4.98 Å². The van der Waals surface area contributed by atoms with Gasteiger partial charge in [0.15, 0.2) is 0 Å². The largest absolute Gasteiger partial charge is 0.379 e. The number of carbonyl (C=O) groups is 2. The van der Waals surface area contributed by atoms with Crippen molar-refractivity contribution in [3.05, 3.63) is 15.6 Å². The standard InChI is InChI=1S/C19H30N4O3S/c1-14-15(2)27-17(21-14)5-6-20-19(25)16-3-4-18(24)23(13-16)8-7-22-9-11-26-12-10-22/h16H,3-13H2,1-2H3,(H,20,25). The Balaban J connectivity index is 1.41. The van der Waals surface area contributed by atoms with Crippen molar-refractivity contribution in [2.75, 3.05) is 52.5 Å². The molecule has 1 atom stereocenters. The van der Waals surface area contributed by atoms with Gasteiger partial charge in [0.1, 0.15) is 0 Å². The zero-order chi connectivity index (χ0) is 19.2. The average molecular weight is 395 g/mol. The van der Waals surface area contributed by atoms with Gasteiger partial charge in [-0.1, -0.05) is 0 Å². The number of nitrogens with zero attached hydrogens (tertiary/aromatic N) is 3. The van der Waals surface area contributed by atoms with Gasteiger partial charge >= 0.3 is 0 Å². The van der Waals surface area contributed by atoms with Crippen LogP contribution in [0.25, 0.3) is 0 Å². The second-order valence-corrected chi connectivity index (χ2v) is 8.61. The summed E-state index contributed by atoms with van der Waals surface area (Å²) in [6, 6.07) is 0. The molecule has 3 rings (SSSR count). The van der Waals surface area contributed by atoms with Crippen LogP contribution in [0.3, 0.4) is 0 Å². The van der Waals surface area contributed by atoms with Crippen molar-refractivity contribution in [1.29, 1.82) is 0 Å². The van der Waals surface area contributed by atoms with Crippen LogP contribution in [0.2, 0.25) is 0 Å². The topological polar surface area (TPSA) is 74.8 Å². The third-order valence-corrected chi connectivity index (χ3v) is 6.50. The molecule has 2 amide bonds. The van der Waals surface area contributed by atoms with E-state index in [4.69, 9.17) is 4.74 Å². The SMILES string of the molecule is Cc1nc(CCNC(=O)C2CCC(=O)N(CCN3CCOCC3)C2)sc1C. The van der Waals surface area contributed by atoms with Crippen molar-refractivity contribution in [3.63, 3.8) is 0 Å². The van der Waals surface area contributed by atoms with E-state index in [2.05, 4.69) is 22.1 Å². The fourth-order valence-corrected chi connectivity index (χ4v) is 4.45. The normalized spacial score (nSPS) is 21.5. The zero-order valence-corrected chi connectivity index (χ0v) is 17.1. The molecule has 1 aromatic heterocycles. The number of thiazole rings is 1. The monoisotopic (exact) mass is 394 g/mol. The highest BCUT2D eigenvalue weighted by Gasteiger charge is 2.30. The molecule has 0 saturated carbocycles. The van der Waals surface area contributed by atoms with Crippen molar-refractivity contribution >= 4 is 23.2 Å². The molecule has 0 aromatic carbocycles. The minimum atomic E-state index is -0.104. The van der Waals surface area contributed by atoms with Crippen molar-refractivity contribution in [3.8, 4) is 0 Å². The van der Waals surface area contributed by atoms with Crippen LogP contribution in [0.5, 0.6) is 0 Å². The molecule has 150 valence electrons. The van der Waals surface area contributed by atoms with E-state index in [0.29, 0.717) is 32.5 Å². The predicted octanol–water partition coefficient (Wildman–Crippen LogP) is 0.989. The van der Waals surface area contributed by atoms with Gasteiger partial charge in [-0.2, -0.15) is 0 Å². The van der Waals surface area contributed by atoms with Crippen LogP contribution >= 0.6 is 11.3 Å². The summed E-state index contributed by atoms with van der Waals surface area (Å²) in [6.45, 7) is 10.1. The molecule has 1 unspecified atom stereocenters. The molecular weight excluding hydrogens is 364 g/mol. The third kappa shape index (κ3) is 5.73. The highest BCUT2D eigenvalue weighted by Crippen LogP contribution is 2.19. The van der Waals surface area contributed by atoms with Crippen molar-refractivity contribution in [2.45, 2.75) is 33.1 Å². The second kappa shape index (κ2) is 9.61. The molecule has 0 aliphatic carbocycles. The molecule has 7 nitrogen and oxygen atoms in total. The van der Waals surface area contributed by atoms with Crippen molar-refractivity contribution in [1.82, 2.24) is 20.1 Å². The lowest BCUT2D eigenvalue weighted by Crippen LogP contribution is -2.49. The summed E-state index contributed by atoms with van der Waals surface area (Å²) in [5.74, 6) is 0.122. The summed E-state index contributed by atoms with van der Waals surface area (Å²) in [6.07, 6.45) is 1.87. The molecule has 3 heterocycles. The number of hydrogen-bond donors (Lipinski definition) is 1. The number of carbonyl (C=O) groups excluding carboxylic acids is 2. The Hall–Kier alpha value is -1.51. The third-order valence-electron chi connectivity index (χ3n) is 5.37. The Bertz CT molecular complexity index is 638. The Morgan fingerprint density at radius 3 is 2.78 bits per heavy atom. The van der Waals surface area contributed by atoms with Crippen molar-refractivity contribution in [2.24, 2.45) is 5.92 Å². The van der Waals surface area contributed by atoms with Crippen LogP contribution < -0.4 is 5.32 Å². The second-order valence-electron chi connectivity index (χ2n) is 7.32. The van der Waals surface area contributed by atoms with Crippen LogP contribution in [0.15, 0.2) is 0 Å². The minimum absolute atomic E-state index is 0.0591. The number of hydrogen-bond acceptors (Lipinski definition) is 6. The van der Waals surface area contributed by atoms with Crippen LogP contribution in [-0.4, -0.2) is 79.1 Å². The Labute approximate surface area is 165 Å². The number of piperidine rings is 1. The maximum atomic E-state index is 12.5. The van der Waals surface area contributed by atoms with Crippen LogP contribution in [0.1, 0.15) is 28.4 Å². The molecule has 2 saturated heterocycles. The van der Waals surface area contributed by atoms with Gasteiger partial charge in [0.25, 0.3) is 0 Å². The quantitative estimate of drug-likeness (QED) is 0.747. The minimum Gasteiger partial charge on any atom is -0.379 e. The summed E-state index contributed by atoms with van der Waals surface area (Å²) < 4.78 is 5.36. The molecule has 0 radical (unpaired) electrons. The number of amides is 2. The summed E-state index contributed by atoms with van der Waals surface area (Å²) in [5.41, 5.74) is 1.07. The number of aromatic nitrogens is 1. The van der Waals surface area contributed by atoms with Gasteiger partial charge in [-0.15, -0.1) is 11.3 Å². The van der Waals surface area contributed by atoms with Crippen molar-refractivity contribution < 1.29 is 14.3 Å². The molecular formula is C19H30N4O3S. The highest BCUT2D eigenvalue weighted by molar-refractivity contribution is 7.11. The van der Waals surface area contributed by atoms with E-state index < -0.39 is 0 Å². The zero-order valence-electron chi connectivity index (χ0n) is 16.3. The van der Waals surface area contributed by atoms with Crippen LogP contribution in [0, 0.1) is 19.8 Å². The van der Waals surface area contributed by atoms with E-state index in [1.54, 1.807) is 11.3 Å². The lowest BCUT2D eigenvalue weighted by molar-refractivity contribution is -0.138. The number of rotatable bonds is 7. The Kier molecular flexibility index (Phi) is 7.20. The summed E-state index contributed by atoms with van der Waals surface area (Å²) in [5, 5.41) is 4.10. The fourth-order valence-electron chi connectivity index (χ4n) is 3.51. The molecule has 2 aliphatic heterocycles. The highest BCUT2D eigenvalue weighted by atomic mass is 32.1.